The first kappa shape index (κ1) is 6.87. The van der Waals surface area contributed by atoms with Gasteiger partial charge in [0.15, 0.2) is 0 Å². The van der Waals surface area contributed by atoms with Crippen LogP contribution in [0.4, 0.5) is 21.4 Å². The van der Waals surface area contributed by atoms with Gasteiger partial charge in [0.25, 0.3) is 0 Å². The number of halogens is 5. The fraction of sp³-hybridized carbons (Fsp3) is 1.00. The number of rotatable bonds is 0. The normalized spacial score (nSPS) is 12.9. The molecule has 0 unspecified atom stereocenters. The molecular formula is CF5Si. The first-order valence-electron chi connectivity index (χ1n) is 1.19. The van der Waals surface area contributed by atoms with Crippen molar-refractivity contribution in [2.45, 2.75) is 5.80 Å². The quantitative estimate of drug-likeness (QED) is 0.268. The smallest absolute Gasteiger partial charge is 0.258 e. The zero-order valence-corrected chi connectivity index (χ0v) is 3.89. The van der Waals surface area contributed by atoms with E-state index >= 15 is 0 Å². The molecule has 0 aliphatic rings. The van der Waals surface area contributed by atoms with Gasteiger partial charge in [0.2, 0.25) is 0 Å². The lowest BCUT2D eigenvalue weighted by molar-refractivity contribution is -0.0651. The summed E-state index contributed by atoms with van der Waals surface area (Å²) < 4.78 is 52.5. The van der Waals surface area contributed by atoms with Crippen LogP contribution < -0.4 is 0 Å². The van der Waals surface area contributed by atoms with Gasteiger partial charge in [0.1, 0.15) is 0 Å². The second kappa shape index (κ2) is 1.77. The molecule has 0 rings (SSSR count). The van der Waals surface area contributed by atoms with Gasteiger partial charge in [0, 0.05) is 0 Å². The van der Waals surface area contributed by atoms with Crippen LogP contribution in [0.15, 0.2) is 0 Å². The summed E-state index contributed by atoms with van der Waals surface area (Å²) in [6, 6.07) is 0. The van der Waals surface area contributed by atoms with E-state index in [9.17, 15) is 21.4 Å². The minimum absolute atomic E-state index is 5.05. The Kier molecular flexibility index (Phi) is 1.73. The summed E-state index contributed by atoms with van der Waals surface area (Å²) in [6.45, 7) is 0. The van der Waals surface area contributed by atoms with Crippen LogP contribution in [-0.4, -0.2) is 15.3 Å². The lowest BCUT2D eigenvalue weighted by atomic mass is 11.5. The third-order valence-electron chi connectivity index (χ3n) is 0.214. The van der Waals surface area contributed by atoms with Crippen LogP contribution >= 0.6 is 0 Å². The topological polar surface area (TPSA) is 0 Å². The van der Waals surface area contributed by atoms with Gasteiger partial charge in [0.05, 0.1) is 0 Å². The molecule has 0 nitrogen and oxygen atoms in total. The van der Waals surface area contributed by atoms with Crippen LogP contribution in [0.2, 0.25) is 0 Å². The van der Waals surface area contributed by atoms with Crippen molar-refractivity contribution in [3.8, 4) is 0 Å². The molecule has 0 fully saturated rings. The van der Waals surface area contributed by atoms with E-state index in [-0.39, 0.29) is 0 Å². The van der Waals surface area contributed by atoms with Crippen molar-refractivity contribution in [1.29, 1.82) is 0 Å². The van der Waals surface area contributed by atoms with Gasteiger partial charge >= 0.3 is 15.3 Å². The molecule has 43 valence electrons. The van der Waals surface area contributed by atoms with Crippen LogP contribution in [-0.2, 0) is 0 Å². The molecule has 0 atom stereocenters. The third kappa shape index (κ3) is 2.55. The molecule has 0 spiro atoms. The predicted octanol–water partition coefficient (Wildman–Crippen LogP) is 1.52. The van der Waals surface area contributed by atoms with Crippen molar-refractivity contribution in [1.82, 2.24) is 0 Å². The maximum atomic E-state index is 10.5. The number of hydrogen-bond acceptors (Lipinski definition) is 0. The van der Waals surface area contributed by atoms with Crippen molar-refractivity contribution < 1.29 is 21.4 Å². The monoisotopic (exact) mass is 135 g/mol. The fourth-order valence-electron chi connectivity index (χ4n) is 0. The molecule has 6 heteroatoms. The molecule has 7 heavy (non-hydrogen) atoms. The first-order valence-corrected chi connectivity index (χ1v) is 2.45. The molecule has 0 saturated carbocycles. The summed E-state index contributed by atoms with van der Waals surface area (Å²) in [7, 11) is -5.05. The van der Waals surface area contributed by atoms with E-state index in [0.29, 0.717) is 0 Å². The Labute approximate surface area is 37.9 Å². The van der Waals surface area contributed by atoms with Crippen LogP contribution in [0.25, 0.3) is 0 Å². The standard InChI is InChI=1S/CF5Si/c2-1(3,4)7(5)6. The van der Waals surface area contributed by atoms with E-state index < -0.39 is 15.3 Å². The molecule has 0 aromatic carbocycles. The van der Waals surface area contributed by atoms with Gasteiger partial charge in [-0.3, -0.25) is 8.22 Å². The zero-order valence-electron chi connectivity index (χ0n) is 2.89. The largest absolute Gasteiger partial charge is 0.594 e. The Balaban J connectivity index is 3.54. The molecule has 0 saturated heterocycles. The van der Waals surface area contributed by atoms with E-state index in [0.717, 1.165) is 0 Å². The van der Waals surface area contributed by atoms with Crippen molar-refractivity contribution in [2.75, 3.05) is 0 Å². The second-order valence-electron chi connectivity index (χ2n) is 0.758. The predicted molar refractivity (Wildman–Crippen MR) is 14.0 cm³/mol. The number of alkyl halides is 3. The average molecular weight is 135 g/mol. The Hall–Kier alpha value is -0.133. The third-order valence-corrected chi connectivity index (χ3v) is 0.643. The average Bonchev–Trinajstić information content (AvgIpc) is 1.31. The molecule has 0 N–H and O–H groups in total. The van der Waals surface area contributed by atoms with Crippen LogP contribution in [0.5, 0.6) is 0 Å². The highest BCUT2D eigenvalue weighted by Crippen LogP contribution is 2.19. The first-order chi connectivity index (χ1) is 2.94. The van der Waals surface area contributed by atoms with Gasteiger partial charge in [-0.15, -0.1) is 0 Å². The summed E-state index contributed by atoms with van der Waals surface area (Å²) in [5.41, 5.74) is 0. The minimum Gasteiger partial charge on any atom is -0.258 e. The molecule has 0 amide bonds. The van der Waals surface area contributed by atoms with Crippen LogP contribution in [0, 0.1) is 0 Å². The molecule has 0 heterocycles. The van der Waals surface area contributed by atoms with E-state index in [4.69, 9.17) is 0 Å². The van der Waals surface area contributed by atoms with Gasteiger partial charge in [-0.25, -0.2) is 0 Å². The summed E-state index contributed by atoms with van der Waals surface area (Å²) in [5.74, 6) is -5.23. The highest BCUT2D eigenvalue weighted by Gasteiger charge is 2.46. The van der Waals surface area contributed by atoms with E-state index in [1.165, 1.54) is 0 Å². The Bertz CT molecular complexity index is 53.6. The van der Waals surface area contributed by atoms with Crippen molar-refractivity contribution in [2.24, 2.45) is 0 Å². The molecule has 0 aliphatic heterocycles. The van der Waals surface area contributed by atoms with E-state index in [2.05, 4.69) is 0 Å². The van der Waals surface area contributed by atoms with Gasteiger partial charge < -0.3 is 0 Å². The van der Waals surface area contributed by atoms with Crippen LogP contribution in [0.3, 0.4) is 0 Å². The Morgan fingerprint density at radius 2 is 1.14 bits per heavy atom. The summed E-state index contributed by atoms with van der Waals surface area (Å²) in [5, 5.41) is 0. The second-order valence-corrected chi connectivity index (χ2v) is 1.85. The molecule has 0 bridgehead atoms. The SMILES string of the molecule is F[Si](F)C(F)(F)F. The van der Waals surface area contributed by atoms with E-state index in [1.54, 1.807) is 0 Å². The number of hydrogen-bond donors (Lipinski definition) is 0. The Morgan fingerprint density at radius 3 is 1.14 bits per heavy atom. The molecule has 0 aromatic heterocycles. The van der Waals surface area contributed by atoms with Crippen molar-refractivity contribution >= 4 is 9.46 Å². The molecule has 0 aliphatic carbocycles. The highest BCUT2D eigenvalue weighted by atomic mass is 28.4. The summed E-state index contributed by atoms with van der Waals surface area (Å²) in [6.07, 6.45) is 0. The van der Waals surface area contributed by atoms with Gasteiger partial charge in [-0.2, -0.15) is 13.2 Å². The maximum absolute atomic E-state index is 10.5. The molecular weight excluding hydrogens is 135 g/mol. The van der Waals surface area contributed by atoms with Crippen molar-refractivity contribution in [3.63, 3.8) is 0 Å². The summed E-state index contributed by atoms with van der Waals surface area (Å²) >= 11 is 0. The fourth-order valence-corrected chi connectivity index (χ4v) is 0. The lowest BCUT2D eigenvalue weighted by Crippen LogP contribution is -2.24. The maximum Gasteiger partial charge on any atom is 0.594 e. The summed E-state index contributed by atoms with van der Waals surface area (Å²) in [4.78, 5) is 0. The van der Waals surface area contributed by atoms with Crippen molar-refractivity contribution in [3.05, 3.63) is 0 Å². The minimum atomic E-state index is -5.23. The Morgan fingerprint density at radius 1 is 1.00 bits per heavy atom. The zero-order chi connectivity index (χ0) is 6.08. The van der Waals surface area contributed by atoms with Crippen LogP contribution in [0.1, 0.15) is 0 Å². The van der Waals surface area contributed by atoms with Gasteiger partial charge in [-0.05, 0) is 0 Å². The molecule has 0 aromatic rings. The van der Waals surface area contributed by atoms with Gasteiger partial charge in [-0.1, -0.05) is 0 Å². The lowest BCUT2D eigenvalue weighted by Gasteiger charge is -1.96. The molecule has 1 radical (unpaired) electrons. The van der Waals surface area contributed by atoms with E-state index in [1.807, 2.05) is 0 Å². The highest BCUT2D eigenvalue weighted by molar-refractivity contribution is 6.45.